The maximum atomic E-state index is 12.8. The third-order valence-corrected chi connectivity index (χ3v) is 13.5. The maximum Gasteiger partial charge on any atom is 0.309 e. The lowest BCUT2D eigenvalue weighted by atomic mass is 9.32. The predicted molar refractivity (Wildman–Crippen MR) is 133 cm³/mol. The molecule has 5 rings (SSSR count). The number of carboxylic acid groups (broad SMARTS) is 1. The van der Waals surface area contributed by atoms with Crippen LogP contribution in [0.25, 0.3) is 0 Å². The minimum Gasteiger partial charge on any atom is -0.481 e. The molecule has 3 heteroatoms. The molecular formula is C30H48O3. The molecule has 186 valence electrons. The first-order chi connectivity index (χ1) is 15.3. The normalized spacial score (nSPS) is 55.0. The molecule has 0 radical (unpaired) electrons. The second-order valence-electron chi connectivity index (χ2n) is 14.5. The molecule has 0 aromatic heterocycles. The van der Waals surface area contributed by atoms with Gasteiger partial charge < -0.3 is 10.2 Å². The lowest BCUT2D eigenvalue weighted by molar-refractivity contribution is -0.248. The smallest absolute Gasteiger partial charge is 0.309 e. The van der Waals surface area contributed by atoms with Crippen LogP contribution in [0.2, 0.25) is 0 Å². The molecule has 0 aromatic rings. The summed E-state index contributed by atoms with van der Waals surface area (Å²) in [6, 6.07) is 0. The third kappa shape index (κ3) is 2.75. The van der Waals surface area contributed by atoms with E-state index in [1.807, 2.05) is 0 Å². The van der Waals surface area contributed by atoms with Gasteiger partial charge in [-0.25, -0.2) is 0 Å². The first-order valence-corrected chi connectivity index (χ1v) is 13.8. The van der Waals surface area contributed by atoms with Crippen LogP contribution >= 0.6 is 0 Å². The van der Waals surface area contributed by atoms with Gasteiger partial charge >= 0.3 is 5.97 Å². The van der Waals surface area contributed by atoms with Gasteiger partial charge in [0.15, 0.2) is 0 Å². The van der Waals surface area contributed by atoms with Gasteiger partial charge in [-0.2, -0.15) is 0 Å². The molecule has 5 saturated carbocycles. The first-order valence-electron chi connectivity index (χ1n) is 13.8. The van der Waals surface area contributed by atoms with Crippen LogP contribution in [-0.2, 0) is 4.79 Å². The quantitative estimate of drug-likeness (QED) is 0.436. The highest BCUT2D eigenvalue weighted by Crippen LogP contribution is 2.77. The molecule has 0 heterocycles. The van der Waals surface area contributed by atoms with Crippen LogP contribution < -0.4 is 0 Å². The molecule has 0 aliphatic heterocycles. The summed E-state index contributed by atoms with van der Waals surface area (Å²) in [4.78, 5) is 12.8. The van der Waals surface area contributed by atoms with E-state index in [4.69, 9.17) is 0 Å². The molecule has 0 amide bonds. The Balaban J connectivity index is 1.57. The highest BCUT2D eigenvalue weighted by molar-refractivity contribution is 5.76. The molecule has 5 aliphatic rings. The van der Waals surface area contributed by atoms with E-state index in [2.05, 4.69) is 48.1 Å². The minimum absolute atomic E-state index is 0.0202. The van der Waals surface area contributed by atoms with Gasteiger partial charge in [0.2, 0.25) is 0 Å². The predicted octanol–water partition coefficient (Wildman–Crippen LogP) is 7.09. The van der Waals surface area contributed by atoms with Gasteiger partial charge in [-0.1, -0.05) is 46.8 Å². The van der Waals surface area contributed by atoms with E-state index in [1.165, 1.54) is 31.3 Å². The molecule has 0 bridgehead atoms. The molecule has 33 heavy (non-hydrogen) atoms. The molecule has 5 aliphatic carbocycles. The first kappa shape index (κ1) is 23.9. The molecule has 5 fully saturated rings. The van der Waals surface area contributed by atoms with Crippen LogP contribution in [0.15, 0.2) is 12.2 Å². The van der Waals surface area contributed by atoms with Crippen LogP contribution in [0, 0.1) is 56.7 Å². The fourth-order valence-electron chi connectivity index (χ4n) is 11.5. The van der Waals surface area contributed by atoms with Gasteiger partial charge in [-0.15, -0.1) is 0 Å². The fourth-order valence-corrected chi connectivity index (χ4v) is 11.5. The zero-order chi connectivity index (χ0) is 24.2. The highest BCUT2D eigenvalue weighted by Gasteiger charge is 2.71. The maximum absolute atomic E-state index is 12.8. The van der Waals surface area contributed by atoms with Gasteiger partial charge in [-0.05, 0) is 122 Å². The topological polar surface area (TPSA) is 57.5 Å². The summed E-state index contributed by atoms with van der Waals surface area (Å²) in [6.07, 6.45) is 10.5. The van der Waals surface area contributed by atoms with Crippen molar-refractivity contribution in [2.24, 2.45) is 56.7 Å². The Hall–Kier alpha value is -0.830. The zero-order valence-corrected chi connectivity index (χ0v) is 22.0. The van der Waals surface area contributed by atoms with Crippen molar-refractivity contribution in [2.45, 2.75) is 112 Å². The zero-order valence-electron chi connectivity index (χ0n) is 22.0. The number of hydrogen-bond acceptors (Lipinski definition) is 2. The summed E-state index contributed by atoms with van der Waals surface area (Å²) < 4.78 is 0. The highest BCUT2D eigenvalue weighted by atomic mass is 16.4. The lowest BCUT2D eigenvalue weighted by Gasteiger charge is -2.72. The molecule has 3 nitrogen and oxygen atoms in total. The van der Waals surface area contributed by atoms with Gasteiger partial charge in [0.05, 0.1) is 11.5 Å². The van der Waals surface area contributed by atoms with Gasteiger partial charge in [0, 0.05) is 0 Å². The number of fused-ring (bicyclic) bond motifs is 7. The number of aliphatic hydroxyl groups excluding tert-OH is 1. The van der Waals surface area contributed by atoms with Crippen LogP contribution in [0.3, 0.4) is 0 Å². The van der Waals surface area contributed by atoms with Crippen molar-refractivity contribution >= 4 is 5.97 Å². The van der Waals surface area contributed by atoms with Gasteiger partial charge in [0.1, 0.15) is 0 Å². The number of allylic oxidation sites excluding steroid dienone is 1. The molecule has 0 saturated heterocycles. The molecule has 0 spiro atoms. The summed E-state index contributed by atoms with van der Waals surface area (Å²) >= 11 is 0. The van der Waals surface area contributed by atoms with Crippen molar-refractivity contribution in [1.82, 2.24) is 0 Å². The van der Waals surface area contributed by atoms with E-state index in [9.17, 15) is 15.0 Å². The molecular weight excluding hydrogens is 408 g/mol. The summed E-state index contributed by atoms with van der Waals surface area (Å²) in [7, 11) is 0. The van der Waals surface area contributed by atoms with Crippen molar-refractivity contribution in [2.75, 3.05) is 0 Å². The number of aliphatic hydroxyl groups is 1. The van der Waals surface area contributed by atoms with Crippen molar-refractivity contribution < 1.29 is 15.0 Å². The molecule has 2 N–H and O–H groups in total. The van der Waals surface area contributed by atoms with Crippen LogP contribution in [0.1, 0.15) is 106 Å². The van der Waals surface area contributed by atoms with Crippen molar-refractivity contribution in [3.8, 4) is 0 Å². The van der Waals surface area contributed by atoms with Crippen molar-refractivity contribution in [3.63, 3.8) is 0 Å². The Morgan fingerprint density at radius 2 is 1.52 bits per heavy atom. The van der Waals surface area contributed by atoms with E-state index in [0.717, 1.165) is 38.5 Å². The second-order valence-corrected chi connectivity index (χ2v) is 14.5. The number of hydrogen-bond donors (Lipinski definition) is 2. The van der Waals surface area contributed by atoms with E-state index in [-0.39, 0.29) is 33.7 Å². The minimum atomic E-state index is -0.538. The Morgan fingerprint density at radius 3 is 2.15 bits per heavy atom. The van der Waals surface area contributed by atoms with Gasteiger partial charge in [0.25, 0.3) is 0 Å². The van der Waals surface area contributed by atoms with E-state index in [1.54, 1.807) is 0 Å². The number of aliphatic carboxylic acids is 1. The fraction of sp³-hybridized carbons (Fsp3) is 0.900. The average molecular weight is 457 g/mol. The Labute approximate surface area is 201 Å². The Kier molecular flexibility index (Phi) is 5.15. The monoisotopic (exact) mass is 456 g/mol. The summed E-state index contributed by atoms with van der Waals surface area (Å²) in [6.45, 7) is 18.8. The van der Waals surface area contributed by atoms with E-state index < -0.39 is 11.4 Å². The van der Waals surface area contributed by atoms with Crippen molar-refractivity contribution in [3.05, 3.63) is 12.2 Å². The van der Waals surface area contributed by atoms with Crippen LogP contribution in [-0.4, -0.2) is 22.3 Å². The molecule has 10 atom stereocenters. The van der Waals surface area contributed by atoms with Crippen LogP contribution in [0.4, 0.5) is 0 Å². The lowest BCUT2D eigenvalue weighted by Crippen LogP contribution is -2.67. The standard InChI is InChI=1S/C30H48O3/c1-18(2)19-10-15-30(25(32)33)17-16-28(6)20(24(19)30)8-9-22-27(5)13-12-23(31)26(3,4)21(27)11-14-29(22,28)7/h19-24,31H,1,8-17H2,2-7H3,(H,32,33)/t19-,20?,21?,22?,23-,24-,27-,28+,29+,30-/m0/s1. The number of carbonyl (C=O) groups is 1. The Morgan fingerprint density at radius 1 is 0.818 bits per heavy atom. The van der Waals surface area contributed by atoms with Crippen molar-refractivity contribution in [1.29, 1.82) is 0 Å². The molecule has 3 unspecified atom stereocenters. The number of carboxylic acids is 1. The SMILES string of the molecule is C=C(C)[C@@H]1CC[C@]2(C(=O)O)CC[C@]3(C)C(CCC4[C@@]5(C)CC[C@H](O)C(C)(C)C5CC[C@]43C)[C@H]12. The molecule has 0 aromatic carbocycles. The number of rotatable bonds is 2. The second kappa shape index (κ2) is 7.11. The largest absolute Gasteiger partial charge is 0.481 e. The van der Waals surface area contributed by atoms with E-state index >= 15 is 0 Å². The van der Waals surface area contributed by atoms with Gasteiger partial charge in [-0.3, -0.25) is 4.79 Å². The van der Waals surface area contributed by atoms with E-state index in [0.29, 0.717) is 23.7 Å². The summed E-state index contributed by atoms with van der Waals surface area (Å²) in [5.74, 6) is 1.79. The van der Waals surface area contributed by atoms with Crippen LogP contribution in [0.5, 0.6) is 0 Å². The Bertz CT molecular complexity index is 861. The average Bonchev–Trinajstić information content (AvgIpc) is 3.13. The third-order valence-electron chi connectivity index (χ3n) is 13.5. The summed E-state index contributed by atoms with van der Waals surface area (Å²) in [5, 5.41) is 21.4. The summed E-state index contributed by atoms with van der Waals surface area (Å²) in [5.41, 5.74) is 1.35.